The van der Waals surface area contributed by atoms with Crippen LogP contribution in [0.2, 0.25) is 0 Å². The molecule has 2 aromatic rings. The molecule has 0 aliphatic carbocycles. The first-order valence-electron chi connectivity index (χ1n) is 10.7. The van der Waals surface area contributed by atoms with E-state index in [4.69, 9.17) is 5.53 Å². The number of carbonyl (C=O) groups is 1. The van der Waals surface area contributed by atoms with E-state index in [-0.39, 0.29) is 5.91 Å². The van der Waals surface area contributed by atoms with E-state index >= 15 is 0 Å². The van der Waals surface area contributed by atoms with E-state index in [0.717, 1.165) is 23.9 Å². The molecule has 0 N–H and O–H groups in total. The van der Waals surface area contributed by atoms with Crippen molar-refractivity contribution in [3.8, 4) is 0 Å². The summed E-state index contributed by atoms with van der Waals surface area (Å²) in [5, 5.41) is 3.58. The summed E-state index contributed by atoms with van der Waals surface area (Å²) in [7, 11) is 0. The van der Waals surface area contributed by atoms with Crippen molar-refractivity contribution in [1.29, 1.82) is 0 Å². The highest BCUT2D eigenvalue weighted by Crippen LogP contribution is 2.32. The number of nitrogens with zero attached hydrogens (tertiary/aromatic N) is 7. The predicted octanol–water partition coefficient (Wildman–Crippen LogP) is 4.08. The average Bonchev–Trinajstić information content (AvgIpc) is 3.27. The molecule has 5 rings (SSSR count). The van der Waals surface area contributed by atoms with Crippen molar-refractivity contribution in [3.05, 3.63) is 86.9 Å². The van der Waals surface area contributed by atoms with Crippen LogP contribution in [0.4, 0.5) is 14.5 Å². The highest BCUT2D eigenvalue weighted by atomic mass is 19.1. The van der Waals surface area contributed by atoms with Gasteiger partial charge in [-0.15, -0.1) is 0 Å². The van der Waals surface area contributed by atoms with E-state index in [1.807, 2.05) is 17.0 Å². The molecule has 3 aliphatic heterocycles. The van der Waals surface area contributed by atoms with Crippen LogP contribution in [0.3, 0.4) is 0 Å². The molecular weight excluding hydrogens is 428 g/mol. The topological polar surface area (TPSA) is 87.9 Å². The summed E-state index contributed by atoms with van der Waals surface area (Å²) in [4.78, 5) is 26.7. The van der Waals surface area contributed by atoms with Crippen molar-refractivity contribution >= 4 is 17.6 Å². The monoisotopic (exact) mass is 449 g/mol. The Kier molecular flexibility index (Phi) is 5.53. The quantitative estimate of drug-likeness (QED) is 0.391. The molecule has 0 radical (unpaired) electrons. The van der Waals surface area contributed by atoms with Crippen molar-refractivity contribution in [2.24, 2.45) is 10.1 Å². The Hall–Kier alpha value is -3.75. The van der Waals surface area contributed by atoms with Crippen LogP contribution in [-0.4, -0.2) is 52.7 Å². The molecule has 0 fully saturated rings. The van der Waals surface area contributed by atoms with E-state index in [1.165, 1.54) is 12.1 Å². The summed E-state index contributed by atoms with van der Waals surface area (Å²) >= 11 is 0. The van der Waals surface area contributed by atoms with Gasteiger partial charge in [0.15, 0.2) is 0 Å². The van der Waals surface area contributed by atoms with E-state index in [9.17, 15) is 13.6 Å². The second-order valence-corrected chi connectivity index (χ2v) is 8.24. The number of azide groups is 1. The number of hydrogen-bond donors (Lipinski definition) is 0. The van der Waals surface area contributed by atoms with Crippen molar-refractivity contribution in [2.45, 2.75) is 19.5 Å². The van der Waals surface area contributed by atoms with Crippen LogP contribution in [0.15, 0.2) is 63.8 Å². The maximum atomic E-state index is 13.6. The van der Waals surface area contributed by atoms with Gasteiger partial charge in [-0.3, -0.25) is 19.6 Å². The molecule has 33 heavy (non-hydrogen) atoms. The molecule has 0 atom stereocenters. The summed E-state index contributed by atoms with van der Waals surface area (Å²) in [6.45, 7) is 3.15. The molecule has 0 bridgehead atoms. The SMILES string of the molecule is [N-]=[N+]=Nc1ccc(CN2C(=O)C3=C(CCN(Cc4cc(F)cc(F)c4)C3)N3CCN=C23)cc1. The smallest absolute Gasteiger partial charge is 0.259 e. The minimum Gasteiger partial charge on any atom is -0.314 e. The van der Waals surface area contributed by atoms with Crippen molar-refractivity contribution in [1.82, 2.24) is 14.7 Å². The fourth-order valence-electron chi connectivity index (χ4n) is 4.61. The van der Waals surface area contributed by atoms with Crippen LogP contribution >= 0.6 is 0 Å². The normalized spacial score (nSPS) is 18.1. The minimum atomic E-state index is -0.605. The Balaban J connectivity index is 1.38. The molecule has 0 unspecified atom stereocenters. The molecule has 0 saturated heterocycles. The fourth-order valence-corrected chi connectivity index (χ4v) is 4.61. The third-order valence-corrected chi connectivity index (χ3v) is 6.05. The van der Waals surface area contributed by atoms with Gasteiger partial charge in [-0.05, 0) is 28.8 Å². The first kappa shape index (κ1) is 21.1. The van der Waals surface area contributed by atoms with Gasteiger partial charge in [0.2, 0.25) is 5.96 Å². The van der Waals surface area contributed by atoms with Gasteiger partial charge in [-0.25, -0.2) is 8.78 Å². The number of aliphatic imine (C=N–C) groups is 1. The van der Waals surface area contributed by atoms with E-state index < -0.39 is 11.6 Å². The molecule has 0 saturated carbocycles. The fraction of sp³-hybridized carbons (Fsp3) is 0.304. The van der Waals surface area contributed by atoms with Crippen LogP contribution in [0.5, 0.6) is 0 Å². The number of amides is 1. The molecular formula is C23H21F2N7O. The number of halogens is 2. The van der Waals surface area contributed by atoms with Gasteiger partial charge in [0.1, 0.15) is 11.6 Å². The lowest BCUT2D eigenvalue weighted by atomic mass is 10.00. The number of carbonyl (C=O) groups excluding carboxylic acids is 1. The van der Waals surface area contributed by atoms with Gasteiger partial charge in [-0.2, -0.15) is 0 Å². The lowest BCUT2D eigenvalue weighted by Crippen LogP contribution is -2.53. The van der Waals surface area contributed by atoms with Crippen LogP contribution in [0.1, 0.15) is 17.5 Å². The first-order chi connectivity index (χ1) is 16.0. The zero-order valence-corrected chi connectivity index (χ0v) is 17.8. The summed E-state index contributed by atoms with van der Waals surface area (Å²) in [6.07, 6.45) is 0.673. The number of rotatable bonds is 5. The number of fused-ring (bicyclic) bond motifs is 2. The van der Waals surface area contributed by atoms with Gasteiger partial charge in [0, 0.05) is 55.0 Å². The van der Waals surface area contributed by atoms with E-state index in [0.29, 0.717) is 61.9 Å². The van der Waals surface area contributed by atoms with Crippen molar-refractivity contribution < 1.29 is 13.6 Å². The molecule has 168 valence electrons. The highest BCUT2D eigenvalue weighted by Gasteiger charge is 2.40. The third kappa shape index (κ3) is 4.18. The van der Waals surface area contributed by atoms with Gasteiger partial charge in [0.25, 0.3) is 5.91 Å². The summed E-state index contributed by atoms with van der Waals surface area (Å²) < 4.78 is 27.2. The number of hydrogen-bond acceptors (Lipinski definition) is 5. The minimum absolute atomic E-state index is 0.101. The second kappa shape index (κ2) is 8.65. The van der Waals surface area contributed by atoms with E-state index in [1.54, 1.807) is 17.0 Å². The van der Waals surface area contributed by atoms with Crippen LogP contribution < -0.4 is 0 Å². The highest BCUT2D eigenvalue weighted by molar-refractivity contribution is 6.09. The van der Waals surface area contributed by atoms with Crippen molar-refractivity contribution in [2.75, 3.05) is 26.2 Å². The Morgan fingerprint density at radius 3 is 2.52 bits per heavy atom. The largest absolute Gasteiger partial charge is 0.314 e. The van der Waals surface area contributed by atoms with Gasteiger partial charge in [-0.1, -0.05) is 29.4 Å². The Bertz CT molecular complexity index is 1200. The predicted molar refractivity (Wildman–Crippen MR) is 118 cm³/mol. The summed E-state index contributed by atoms with van der Waals surface area (Å²) in [6, 6.07) is 10.6. The molecule has 3 aliphatic rings. The standard InChI is InChI=1S/C23H21F2N7O/c24-17-9-16(10-18(25)11-17)12-30-7-5-21-20(14-30)22(33)32(23-27-6-8-31(21)23)13-15-1-3-19(4-2-15)28-29-26/h1-4,9-11H,5-8,12-14H2. The summed E-state index contributed by atoms with van der Waals surface area (Å²) in [5.74, 6) is -0.646. The van der Waals surface area contributed by atoms with Crippen LogP contribution in [0, 0.1) is 11.6 Å². The molecule has 2 aromatic carbocycles. The number of guanidine groups is 1. The van der Waals surface area contributed by atoms with Gasteiger partial charge < -0.3 is 4.90 Å². The average molecular weight is 449 g/mol. The zero-order chi connectivity index (χ0) is 22.9. The molecule has 1 amide bonds. The molecule has 3 heterocycles. The maximum Gasteiger partial charge on any atom is 0.259 e. The molecule has 10 heteroatoms. The maximum absolute atomic E-state index is 13.6. The zero-order valence-electron chi connectivity index (χ0n) is 17.8. The Labute approximate surface area is 189 Å². The third-order valence-electron chi connectivity index (χ3n) is 6.05. The second-order valence-electron chi connectivity index (χ2n) is 8.24. The lowest BCUT2D eigenvalue weighted by molar-refractivity contribution is -0.125. The first-order valence-corrected chi connectivity index (χ1v) is 10.7. The Morgan fingerprint density at radius 2 is 1.79 bits per heavy atom. The Morgan fingerprint density at radius 1 is 1.03 bits per heavy atom. The van der Waals surface area contributed by atoms with Crippen LogP contribution in [-0.2, 0) is 17.9 Å². The lowest BCUT2D eigenvalue weighted by Gasteiger charge is -2.42. The van der Waals surface area contributed by atoms with Gasteiger partial charge in [0.05, 0.1) is 18.7 Å². The summed E-state index contributed by atoms with van der Waals surface area (Å²) in [5.41, 5.74) is 12.2. The number of benzene rings is 2. The van der Waals surface area contributed by atoms with Crippen molar-refractivity contribution in [3.63, 3.8) is 0 Å². The molecule has 8 nitrogen and oxygen atoms in total. The van der Waals surface area contributed by atoms with Gasteiger partial charge >= 0.3 is 0 Å². The molecule has 0 aromatic heterocycles. The molecule has 0 spiro atoms. The van der Waals surface area contributed by atoms with Crippen LogP contribution in [0.25, 0.3) is 10.4 Å². The van der Waals surface area contributed by atoms with E-state index in [2.05, 4.69) is 19.9 Å².